The van der Waals surface area contributed by atoms with Gasteiger partial charge in [0.05, 0.1) is 32.6 Å². The largest absolute Gasteiger partial charge is 0.497 e. The van der Waals surface area contributed by atoms with E-state index in [-0.39, 0.29) is 24.3 Å². The molecular weight excluding hydrogens is 472 g/mol. The lowest BCUT2D eigenvalue weighted by Gasteiger charge is -2.37. The van der Waals surface area contributed by atoms with Crippen molar-refractivity contribution in [3.63, 3.8) is 0 Å². The predicted octanol–water partition coefficient (Wildman–Crippen LogP) is 1.62. The van der Waals surface area contributed by atoms with E-state index in [0.29, 0.717) is 32.7 Å². The van der Waals surface area contributed by atoms with Crippen molar-refractivity contribution >= 4 is 17.6 Å². The van der Waals surface area contributed by atoms with Crippen molar-refractivity contribution in [3.05, 3.63) is 36.4 Å². The molecule has 2 aliphatic rings. The van der Waals surface area contributed by atoms with E-state index >= 15 is 0 Å². The summed E-state index contributed by atoms with van der Waals surface area (Å²) in [5.74, 6) is 1.44. The second-order valence-electron chi connectivity index (χ2n) is 9.75. The van der Waals surface area contributed by atoms with Gasteiger partial charge < -0.3 is 24.2 Å². The molecular formula is C27H38N6O4. The number of carbonyl (C=O) groups is 2. The highest BCUT2D eigenvalue weighted by atomic mass is 16.5. The van der Waals surface area contributed by atoms with Crippen LogP contribution >= 0.6 is 0 Å². The number of morpholine rings is 1. The molecule has 200 valence electrons. The van der Waals surface area contributed by atoms with Gasteiger partial charge in [0.25, 0.3) is 0 Å². The first-order chi connectivity index (χ1) is 17.9. The summed E-state index contributed by atoms with van der Waals surface area (Å²) >= 11 is 0. The first kappa shape index (κ1) is 26.8. The number of hydrogen-bond donors (Lipinski definition) is 0. The van der Waals surface area contributed by atoms with Crippen LogP contribution in [-0.2, 0) is 14.3 Å². The van der Waals surface area contributed by atoms with Gasteiger partial charge in [0.2, 0.25) is 11.8 Å². The van der Waals surface area contributed by atoms with Gasteiger partial charge in [0, 0.05) is 63.8 Å². The lowest BCUT2D eigenvalue weighted by atomic mass is 10.1. The van der Waals surface area contributed by atoms with Crippen molar-refractivity contribution < 1.29 is 19.1 Å². The molecule has 1 aromatic carbocycles. The van der Waals surface area contributed by atoms with Gasteiger partial charge >= 0.3 is 0 Å². The average Bonchev–Trinajstić information content (AvgIpc) is 2.95. The molecule has 0 bridgehead atoms. The molecule has 0 unspecified atom stereocenters. The smallest absolute Gasteiger partial charge is 0.242 e. The van der Waals surface area contributed by atoms with Crippen molar-refractivity contribution in [3.8, 4) is 17.0 Å². The lowest BCUT2D eigenvalue weighted by molar-refractivity contribution is -0.142. The Labute approximate surface area is 219 Å². The van der Waals surface area contributed by atoms with Crippen molar-refractivity contribution in [2.24, 2.45) is 5.92 Å². The molecule has 37 heavy (non-hydrogen) atoms. The summed E-state index contributed by atoms with van der Waals surface area (Å²) in [6.07, 6.45) is 0. The third-order valence-corrected chi connectivity index (χ3v) is 6.89. The number of anilines is 1. The fourth-order valence-corrected chi connectivity index (χ4v) is 4.60. The van der Waals surface area contributed by atoms with Crippen LogP contribution in [0.2, 0.25) is 0 Å². The Morgan fingerprint density at radius 1 is 1.03 bits per heavy atom. The van der Waals surface area contributed by atoms with Crippen LogP contribution in [0.15, 0.2) is 36.4 Å². The first-order valence-electron chi connectivity index (χ1n) is 13.0. The summed E-state index contributed by atoms with van der Waals surface area (Å²) in [7, 11) is 1.64. The summed E-state index contributed by atoms with van der Waals surface area (Å²) in [5.41, 5.74) is 1.73. The molecule has 0 saturated carbocycles. The summed E-state index contributed by atoms with van der Waals surface area (Å²) in [6, 6.07) is 11.7. The van der Waals surface area contributed by atoms with Gasteiger partial charge in [0.15, 0.2) is 5.82 Å². The molecule has 3 heterocycles. The molecule has 4 rings (SSSR count). The minimum atomic E-state index is -0.146. The van der Waals surface area contributed by atoms with Crippen LogP contribution in [0.1, 0.15) is 13.8 Å². The highest BCUT2D eigenvalue weighted by molar-refractivity contribution is 5.85. The highest BCUT2D eigenvalue weighted by Crippen LogP contribution is 2.23. The average molecular weight is 511 g/mol. The topological polar surface area (TPSA) is 91.3 Å². The molecule has 2 aromatic rings. The zero-order valence-corrected chi connectivity index (χ0v) is 22.1. The Hall–Kier alpha value is -3.24. The molecule has 2 fully saturated rings. The third-order valence-electron chi connectivity index (χ3n) is 6.89. The minimum absolute atomic E-state index is 0.00455. The highest BCUT2D eigenvalue weighted by Gasteiger charge is 2.27. The van der Waals surface area contributed by atoms with Crippen LogP contribution in [-0.4, -0.2) is 116 Å². The Kier molecular flexibility index (Phi) is 9.29. The molecule has 10 nitrogen and oxygen atoms in total. The lowest BCUT2D eigenvalue weighted by Crippen LogP contribution is -2.53. The number of nitrogens with zero attached hydrogens (tertiary/aromatic N) is 6. The van der Waals surface area contributed by atoms with Gasteiger partial charge in [-0.05, 0) is 24.3 Å². The summed E-state index contributed by atoms with van der Waals surface area (Å²) in [5, 5.41) is 8.83. The van der Waals surface area contributed by atoms with Crippen molar-refractivity contribution in [2.45, 2.75) is 13.8 Å². The van der Waals surface area contributed by atoms with Gasteiger partial charge in [-0.3, -0.25) is 14.5 Å². The van der Waals surface area contributed by atoms with Gasteiger partial charge in [-0.2, -0.15) is 0 Å². The Morgan fingerprint density at radius 2 is 1.78 bits per heavy atom. The second kappa shape index (κ2) is 12.8. The summed E-state index contributed by atoms with van der Waals surface area (Å²) < 4.78 is 10.7. The molecule has 0 aliphatic carbocycles. The molecule has 1 aromatic heterocycles. The maximum absolute atomic E-state index is 13.1. The fraction of sp³-hybridized carbons (Fsp3) is 0.556. The molecule has 10 heteroatoms. The Balaban J connectivity index is 1.30. The molecule has 2 amide bonds. The second-order valence-corrected chi connectivity index (χ2v) is 9.75. The molecule has 0 spiro atoms. The number of benzene rings is 1. The monoisotopic (exact) mass is 510 g/mol. The minimum Gasteiger partial charge on any atom is -0.497 e. The van der Waals surface area contributed by atoms with Crippen LogP contribution in [0.5, 0.6) is 5.75 Å². The number of aromatic nitrogens is 2. The quantitative estimate of drug-likeness (QED) is 0.503. The normalized spacial score (nSPS) is 16.6. The van der Waals surface area contributed by atoms with E-state index in [9.17, 15) is 9.59 Å². The zero-order chi connectivity index (χ0) is 26.2. The van der Waals surface area contributed by atoms with E-state index in [1.807, 2.05) is 55.1 Å². The van der Waals surface area contributed by atoms with Crippen LogP contribution in [0.25, 0.3) is 11.3 Å². The predicted molar refractivity (Wildman–Crippen MR) is 141 cm³/mol. The van der Waals surface area contributed by atoms with Crippen LogP contribution < -0.4 is 9.64 Å². The van der Waals surface area contributed by atoms with Gasteiger partial charge in [-0.25, -0.2) is 0 Å². The van der Waals surface area contributed by atoms with E-state index in [1.54, 1.807) is 12.0 Å². The van der Waals surface area contributed by atoms with E-state index in [1.165, 1.54) is 0 Å². The molecule has 0 radical (unpaired) electrons. The number of carbonyl (C=O) groups excluding carboxylic acids is 2. The number of hydrogen-bond acceptors (Lipinski definition) is 8. The first-order valence-corrected chi connectivity index (χ1v) is 13.0. The zero-order valence-electron chi connectivity index (χ0n) is 22.1. The molecule has 2 saturated heterocycles. The van der Waals surface area contributed by atoms with Crippen LogP contribution in [0.4, 0.5) is 5.82 Å². The van der Waals surface area contributed by atoms with Crippen molar-refractivity contribution in [1.29, 1.82) is 0 Å². The molecule has 0 atom stereocenters. The van der Waals surface area contributed by atoms with Crippen LogP contribution in [0.3, 0.4) is 0 Å². The maximum Gasteiger partial charge on any atom is 0.242 e. The van der Waals surface area contributed by atoms with E-state index < -0.39 is 0 Å². The third kappa shape index (κ3) is 7.17. The summed E-state index contributed by atoms with van der Waals surface area (Å²) in [6.45, 7) is 10.9. The van der Waals surface area contributed by atoms with Gasteiger partial charge in [0.1, 0.15) is 5.75 Å². The van der Waals surface area contributed by atoms with E-state index in [4.69, 9.17) is 9.47 Å². The summed E-state index contributed by atoms with van der Waals surface area (Å²) in [4.78, 5) is 33.9. The SMILES string of the molecule is COc1cccc(-c2ccc(N3CCN(C(=O)CN(CCN4CCOCC4)C(=O)C(C)C)CC3)nn2)c1. The number of methoxy groups -OCH3 is 1. The number of amides is 2. The fourth-order valence-electron chi connectivity index (χ4n) is 4.60. The van der Waals surface area contributed by atoms with Crippen molar-refractivity contribution in [1.82, 2.24) is 24.9 Å². The molecule has 0 N–H and O–H groups in total. The van der Waals surface area contributed by atoms with E-state index in [2.05, 4.69) is 20.0 Å². The standard InChI is InChI=1S/C27H38N6O4/c1-21(2)27(35)33(10-9-30-15-17-37-18-16-30)20-26(34)32-13-11-31(12-14-32)25-8-7-24(28-29-25)22-5-4-6-23(19-22)36-3/h4-8,19,21H,9-18,20H2,1-3H3. The van der Waals surface area contributed by atoms with Crippen LogP contribution in [0, 0.1) is 5.92 Å². The van der Waals surface area contributed by atoms with E-state index in [0.717, 1.165) is 55.7 Å². The van der Waals surface area contributed by atoms with Gasteiger partial charge in [-0.1, -0.05) is 26.0 Å². The maximum atomic E-state index is 13.1. The number of ether oxygens (including phenoxy) is 2. The Bertz CT molecular complexity index is 1030. The molecule has 2 aliphatic heterocycles. The number of rotatable bonds is 9. The van der Waals surface area contributed by atoms with Crippen molar-refractivity contribution in [2.75, 3.05) is 84.1 Å². The van der Waals surface area contributed by atoms with Gasteiger partial charge in [-0.15, -0.1) is 10.2 Å². The Morgan fingerprint density at radius 3 is 2.43 bits per heavy atom. The number of piperazine rings is 1.